The molecule has 4 atom stereocenters. The first-order valence-electron chi connectivity index (χ1n) is 22.6. The maximum absolute atomic E-state index is 2.64. The van der Waals surface area contributed by atoms with Crippen LogP contribution in [0.2, 0.25) is 13.1 Å². The Bertz CT molecular complexity index is 2620. The summed E-state index contributed by atoms with van der Waals surface area (Å²) in [5.41, 5.74) is 23.6. The minimum atomic E-state index is -2.34. The SMILES string of the molecule is CC1=Cc2c(C)cccc2[CH]1[Hf]([CH]1C(C)=Cc2c(C)cccc21)=[Si](C)c1ccccc1.CC1=Cc2c(C)cccc2[CH]1[Hf]([CH]1C(C)=Cc2c(C)cccc21)=[Si](C)c1ccccc1.Cl.Cl. The fourth-order valence-corrected chi connectivity index (χ4v) is 76.2. The van der Waals surface area contributed by atoms with Crippen LogP contribution in [-0.4, -0.2) is 11.0 Å². The average molecular weight is 1240 g/mol. The summed E-state index contributed by atoms with van der Waals surface area (Å²) in [7, 11) is 0. The van der Waals surface area contributed by atoms with E-state index in [1.807, 2.05) is 0 Å². The molecule has 0 aliphatic heterocycles. The number of benzene rings is 6. The predicted octanol–water partition coefficient (Wildman–Crippen LogP) is 15.0. The summed E-state index contributed by atoms with van der Waals surface area (Å²) in [5.74, 6) is 0. The van der Waals surface area contributed by atoms with E-state index in [2.05, 4.69) is 226 Å². The van der Waals surface area contributed by atoms with Crippen molar-refractivity contribution in [2.75, 3.05) is 0 Å². The van der Waals surface area contributed by atoms with E-state index < -0.39 is 51.1 Å². The first kappa shape index (κ1) is 49.0. The molecular formula is C58H62Cl2Hf2Si2. The monoisotopic (exact) mass is 1240 g/mol. The molecule has 0 N–H and O–H groups in total. The maximum Gasteiger partial charge on any atom is -0.147 e. The van der Waals surface area contributed by atoms with Crippen LogP contribution in [0.4, 0.5) is 0 Å². The van der Waals surface area contributed by atoms with Crippen LogP contribution in [0.25, 0.3) is 24.3 Å². The molecule has 0 heterocycles. The van der Waals surface area contributed by atoms with E-state index in [4.69, 9.17) is 0 Å². The van der Waals surface area contributed by atoms with Crippen LogP contribution in [0.5, 0.6) is 0 Å². The van der Waals surface area contributed by atoms with Crippen molar-refractivity contribution in [2.45, 2.75) is 83.2 Å². The number of aryl methyl sites for hydroxylation is 4. The molecule has 0 bridgehead atoms. The number of allylic oxidation sites excluding steroid dienone is 4. The molecule has 0 nitrogen and oxygen atoms in total. The van der Waals surface area contributed by atoms with Gasteiger partial charge in [0.25, 0.3) is 0 Å². The van der Waals surface area contributed by atoms with Gasteiger partial charge in [-0.05, 0) is 0 Å². The minimum Gasteiger partial charge on any atom is -0.147 e. The largest absolute Gasteiger partial charge is 0.147 e. The van der Waals surface area contributed by atoms with E-state index in [9.17, 15) is 0 Å². The number of fused-ring (bicyclic) bond motifs is 4. The standard InChI is InChI=1S/4C11H11.2C7H8Si.2ClH.2Hf/c4*1-8-6-10-5-3-4-9(2)11(10)7-8;2*1-8-7-5-3-2-4-6-7;;;;/h4*3-7H,1-2H3;2*2-6H,1H3;2*1H;;. The number of hydrogen-bond acceptors (Lipinski definition) is 0. The Morgan fingerprint density at radius 1 is 0.312 bits per heavy atom. The second-order valence-corrected chi connectivity index (χ2v) is 62.6. The Balaban J connectivity index is 0.000000186. The Kier molecular flexibility index (Phi) is 15.7. The first-order chi connectivity index (χ1) is 29.9. The van der Waals surface area contributed by atoms with Gasteiger partial charge in [0, 0.05) is 0 Å². The zero-order valence-corrected chi connectivity index (χ0v) is 50.0. The summed E-state index contributed by atoms with van der Waals surface area (Å²) < 4.78 is 2.77. The second-order valence-electron chi connectivity index (χ2n) is 18.5. The summed E-state index contributed by atoms with van der Waals surface area (Å²) in [6.45, 7) is 24.1. The Morgan fingerprint density at radius 3 is 0.781 bits per heavy atom. The van der Waals surface area contributed by atoms with Crippen molar-refractivity contribution < 1.29 is 40.1 Å². The summed E-state index contributed by atoms with van der Waals surface area (Å²) in [4.78, 5) is 0. The van der Waals surface area contributed by atoms with Gasteiger partial charge in [-0.25, -0.2) is 0 Å². The molecule has 10 rings (SSSR count). The molecule has 0 aromatic heterocycles. The molecule has 4 unspecified atom stereocenters. The molecule has 0 saturated carbocycles. The van der Waals surface area contributed by atoms with Gasteiger partial charge in [0.2, 0.25) is 0 Å². The minimum absolute atomic E-state index is 0. The molecule has 6 aromatic carbocycles. The topological polar surface area (TPSA) is 0 Å². The van der Waals surface area contributed by atoms with Crippen LogP contribution in [0.1, 0.15) is 109 Å². The third-order valence-corrected chi connectivity index (χ3v) is 72.9. The number of hydrogen-bond donors (Lipinski definition) is 0. The fraction of sp³-hybridized carbons (Fsp3) is 0.241. The van der Waals surface area contributed by atoms with Crippen molar-refractivity contribution in [2.24, 2.45) is 0 Å². The van der Waals surface area contributed by atoms with Gasteiger partial charge in [0.15, 0.2) is 0 Å². The average Bonchev–Trinajstić information content (AvgIpc) is 4.01. The maximum atomic E-state index is 2.64. The van der Waals surface area contributed by atoms with Crippen molar-refractivity contribution in [3.63, 3.8) is 0 Å². The van der Waals surface area contributed by atoms with Gasteiger partial charge < -0.3 is 0 Å². The van der Waals surface area contributed by atoms with Crippen molar-refractivity contribution in [1.82, 2.24) is 0 Å². The van der Waals surface area contributed by atoms with Crippen LogP contribution in [-0.2, 0) is 40.1 Å². The van der Waals surface area contributed by atoms with Gasteiger partial charge in [-0.2, -0.15) is 0 Å². The van der Waals surface area contributed by atoms with Crippen molar-refractivity contribution in [3.8, 4) is 0 Å². The molecule has 0 fully saturated rings. The molecule has 4 aliphatic rings. The van der Waals surface area contributed by atoms with E-state index in [1.165, 1.54) is 44.5 Å². The van der Waals surface area contributed by atoms with E-state index in [0.717, 1.165) is 0 Å². The quantitative estimate of drug-likeness (QED) is 0.146. The van der Waals surface area contributed by atoms with E-state index >= 15 is 0 Å². The third kappa shape index (κ3) is 8.95. The summed E-state index contributed by atoms with van der Waals surface area (Å²) in [6, 6.07) is 51.0. The van der Waals surface area contributed by atoms with Gasteiger partial charge in [0.05, 0.1) is 0 Å². The van der Waals surface area contributed by atoms with Gasteiger partial charge in [-0.15, -0.1) is 24.8 Å². The van der Waals surface area contributed by atoms with Gasteiger partial charge in [-0.1, -0.05) is 0 Å². The van der Waals surface area contributed by atoms with Crippen LogP contribution >= 0.6 is 24.8 Å². The molecule has 0 saturated heterocycles. The zero-order valence-electron chi connectivity index (χ0n) is 39.1. The second kappa shape index (κ2) is 20.5. The van der Waals surface area contributed by atoms with E-state index in [-0.39, 0.29) is 24.8 Å². The molecule has 0 amide bonds. The molecular weight excluding hydrogens is 1180 g/mol. The van der Waals surface area contributed by atoms with Crippen LogP contribution in [0, 0.1) is 27.7 Å². The third-order valence-electron chi connectivity index (χ3n) is 14.5. The van der Waals surface area contributed by atoms with Gasteiger partial charge in [-0.3, -0.25) is 0 Å². The zero-order chi connectivity index (χ0) is 43.4. The van der Waals surface area contributed by atoms with E-state index in [1.54, 1.807) is 54.9 Å². The molecule has 4 aliphatic carbocycles. The number of rotatable bonds is 6. The normalized spacial score (nSPS) is 18.3. The Labute approximate surface area is 412 Å². The first-order valence-corrected chi connectivity index (χ1v) is 45.6. The molecule has 64 heavy (non-hydrogen) atoms. The van der Waals surface area contributed by atoms with Crippen molar-refractivity contribution in [1.29, 1.82) is 0 Å². The smallest absolute Gasteiger partial charge is 0.147 e. The molecule has 324 valence electrons. The van der Waals surface area contributed by atoms with Crippen LogP contribution in [0.3, 0.4) is 0 Å². The van der Waals surface area contributed by atoms with Crippen molar-refractivity contribution >= 4 is 70.5 Å². The van der Waals surface area contributed by atoms with Crippen LogP contribution < -0.4 is 10.4 Å². The van der Waals surface area contributed by atoms with Crippen molar-refractivity contribution in [3.05, 3.63) is 223 Å². The predicted molar refractivity (Wildman–Crippen MR) is 280 cm³/mol. The molecule has 6 aromatic rings. The Morgan fingerprint density at radius 2 is 0.547 bits per heavy atom. The number of halogens is 2. The molecule has 6 heteroatoms. The molecule has 0 radical (unpaired) electrons. The molecule has 0 spiro atoms. The Hall–Kier alpha value is -2.97. The van der Waals surface area contributed by atoms with Crippen LogP contribution in [0.15, 0.2) is 156 Å². The van der Waals surface area contributed by atoms with E-state index in [0.29, 0.717) is 14.7 Å². The van der Waals surface area contributed by atoms with Gasteiger partial charge >= 0.3 is 391 Å². The summed E-state index contributed by atoms with van der Waals surface area (Å²) in [5, 5.41) is 3.27. The fourth-order valence-electron chi connectivity index (χ4n) is 11.4. The van der Waals surface area contributed by atoms with Gasteiger partial charge in [0.1, 0.15) is 0 Å². The summed E-state index contributed by atoms with van der Waals surface area (Å²) >= 11 is -4.68. The summed E-state index contributed by atoms with van der Waals surface area (Å²) in [6.07, 6.45) is 10.1.